The Morgan fingerprint density at radius 2 is 2.00 bits per heavy atom. The Kier molecular flexibility index (Phi) is 5.69. The van der Waals surface area contributed by atoms with Crippen molar-refractivity contribution in [1.82, 2.24) is 10.2 Å². The Hall–Kier alpha value is -0.160. The second kappa shape index (κ2) is 6.95. The molecule has 0 spiro atoms. The molecule has 21 heavy (non-hydrogen) atoms. The maximum atomic E-state index is 14.6. The van der Waals surface area contributed by atoms with Crippen LogP contribution in [0.25, 0.3) is 0 Å². The molecule has 0 aliphatic carbocycles. The second-order valence-corrected chi connectivity index (χ2v) is 7.34. The van der Waals surface area contributed by atoms with Gasteiger partial charge in [-0.25, -0.2) is 4.39 Å². The minimum absolute atomic E-state index is 0.0915. The minimum atomic E-state index is -0.329. The summed E-state index contributed by atoms with van der Waals surface area (Å²) in [6, 6.07) is 3.56. The molecule has 0 amide bonds. The van der Waals surface area contributed by atoms with E-state index in [-0.39, 0.29) is 22.4 Å². The largest absolute Gasteiger partial charge is 0.309 e. The Morgan fingerprint density at radius 3 is 2.57 bits per heavy atom. The van der Waals surface area contributed by atoms with E-state index in [1.807, 2.05) is 19.1 Å². The molecule has 1 saturated heterocycles. The van der Waals surface area contributed by atoms with Crippen molar-refractivity contribution in [2.24, 2.45) is 0 Å². The number of nitrogens with one attached hydrogen (secondary N) is 1. The molecule has 1 fully saturated rings. The monoisotopic (exact) mass is 376 g/mol. The van der Waals surface area contributed by atoms with Crippen molar-refractivity contribution in [3.05, 3.63) is 33.0 Å². The summed E-state index contributed by atoms with van der Waals surface area (Å²) in [7, 11) is 0. The highest BCUT2D eigenvalue weighted by Gasteiger charge is 2.38. The zero-order chi connectivity index (χ0) is 15.6. The zero-order valence-electron chi connectivity index (χ0n) is 12.8. The van der Waals surface area contributed by atoms with Crippen molar-refractivity contribution in [3.63, 3.8) is 0 Å². The molecule has 1 aromatic rings. The molecule has 0 bridgehead atoms. The molecular weight excluding hydrogens is 355 g/mol. The number of halogens is 3. The summed E-state index contributed by atoms with van der Waals surface area (Å²) in [6.45, 7) is 9.34. The summed E-state index contributed by atoms with van der Waals surface area (Å²) in [5, 5.41) is 3.61. The Labute approximate surface area is 140 Å². The number of nitrogens with zero attached hydrogens (tertiary/aromatic N) is 1. The van der Waals surface area contributed by atoms with Crippen molar-refractivity contribution in [1.29, 1.82) is 0 Å². The molecule has 2 nitrogen and oxygen atoms in total. The van der Waals surface area contributed by atoms with Gasteiger partial charge in [-0.3, -0.25) is 4.90 Å². The summed E-state index contributed by atoms with van der Waals surface area (Å²) in [6.07, 6.45) is 2.43. The zero-order valence-corrected chi connectivity index (χ0v) is 15.2. The van der Waals surface area contributed by atoms with Gasteiger partial charge >= 0.3 is 0 Å². The smallest absolute Gasteiger partial charge is 0.147 e. The molecule has 1 atom stereocenters. The summed E-state index contributed by atoms with van der Waals surface area (Å²) >= 11 is 9.36. The van der Waals surface area contributed by atoms with Gasteiger partial charge in [0.15, 0.2) is 0 Å². The molecule has 1 heterocycles. The molecule has 1 aromatic carbocycles. The van der Waals surface area contributed by atoms with Gasteiger partial charge in [-0.05, 0) is 68.3 Å². The van der Waals surface area contributed by atoms with Crippen LogP contribution >= 0.6 is 27.5 Å². The van der Waals surface area contributed by atoms with E-state index in [0.717, 1.165) is 19.6 Å². The van der Waals surface area contributed by atoms with E-state index in [9.17, 15) is 4.39 Å². The van der Waals surface area contributed by atoms with Crippen LogP contribution < -0.4 is 5.32 Å². The first-order chi connectivity index (χ1) is 9.89. The fourth-order valence-electron chi connectivity index (χ4n) is 3.18. The van der Waals surface area contributed by atoms with Crippen LogP contribution in [0.3, 0.4) is 0 Å². The minimum Gasteiger partial charge on any atom is -0.309 e. The average molecular weight is 378 g/mol. The van der Waals surface area contributed by atoms with Crippen molar-refractivity contribution in [3.8, 4) is 0 Å². The molecule has 0 aromatic heterocycles. The van der Waals surface area contributed by atoms with Gasteiger partial charge in [0.25, 0.3) is 0 Å². The predicted octanol–water partition coefficient (Wildman–Crippen LogP) is 4.77. The lowest BCUT2D eigenvalue weighted by Gasteiger charge is -2.43. The Morgan fingerprint density at radius 1 is 1.38 bits per heavy atom. The second-order valence-electron chi connectivity index (χ2n) is 6.10. The molecule has 1 N–H and O–H groups in total. The fourth-order valence-corrected chi connectivity index (χ4v) is 3.66. The highest BCUT2D eigenvalue weighted by Crippen LogP contribution is 2.38. The maximum Gasteiger partial charge on any atom is 0.147 e. The van der Waals surface area contributed by atoms with E-state index in [4.69, 9.17) is 11.6 Å². The Balaban J connectivity index is 2.41. The van der Waals surface area contributed by atoms with Crippen molar-refractivity contribution < 1.29 is 4.39 Å². The molecule has 1 aliphatic heterocycles. The highest BCUT2D eigenvalue weighted by atomic mass is 79.9. The third kappa shape index (κ3) is 3.44. The fraction of sp³-hybridized carbons (Fsp3) is 0.625. The SMILES string of the molecule is CCNC(c1ccc(Br)c(Cl)c1F)C(C)(C)N1CCCC1. The molecule has 5 heteroatoms. The van der Waals surface area contributed by atoms with Gasteiger partial charge < -0.3 is 5.32 Å². The highest BCUT2D eigenvalue weighted by molar-refractivity contribution is 9.10. The van der Waals surface area contributed by atoms with Crippen LogP contribution in [0.1, 0.15) is 45.2 Å². The van der Waals surface area contributed by atoms with Crippen LogP contribution in [0.2, 0.25) is 5.02 Å². The van der Waals surface area contributed by atoms with E-state index in [0.29, 0.717) is 10.0 Å². The van der Waals surface area contributed by atoms with Crippen molar-refractivity contribution in [2.75, 3.05) is 19.6 Å². The lowest BCUT2D eigenvalue weighted by atomic mass is 9.86. The normalized spacial score (nSPS) is 18.2. The van der Waals surface area contributed by atoms with E-state index in [1.165, 1.54) is 12.8 Å². The van der Waals surface area contributed by atoms with Crippen LogP contribution in [0, 0.1) is 5.82 Å². The Bertz CT molecular complexity index is 501. The third-order valence-electron chi connectivity index (χ3n) is 4.41. The summed E-state index contributed by atoms with van der Waals surface area (Å²) < 4.78 is 15.2. The molecule has 118 valence electrons. The van der Waals surface area contributed by atoms with Crippen LogP contribution in [0.4, 0.5) is 4.39 Å². The van der Waals surface area contributed by atoms with E-state index in [2.05, 4.69) is 40.0 Å². The van der Waals surface area contributed by atoms with Crippen molar-refractivity contribution >= 4 is 27.5 Å². The lowest BCUT2D eigenvalue weighted by Crippen LogP contribution is -2.51. The average Bonchev–Trinajstić information content (AvgIpc) is 2.98. The molecule has 2 rings (SSSR count). The topological polar surface area (TPSA) is 15.3 Å². The van der Waals surface area contributed by atoms with E-state index < -0.39 is 0 Å². The number of likely N-dealkylation sites (tertiary alicyclic amines) is 1. The first kappa shape index (κ1) is 17.2. The first-order valence-electron chi connectivity index (χ1n) is 7.51. The number of rotatable bonds is 5. The molecular formula is C16H23BrClFN2. The third-order valence-corrected chi connectivity index (χ3v) is 5.67. The summed E-state index contributed by atoms with van der Waals surface area (Å²) in [5.41, 5.74) is 0.479. The number of hydrogen-bond donors (Lipinski definition) is 1. The maximum absolute atomic E-state index is 14.6. The molecule has 0 saturated carbocycles. The van der Waals surface area contributed by atoms with Gasteiger partial charge in [-0.15, -0.1) is 0 Å². The van der Waals surface area contributed by atoms with Crippen LogP contribution in [-0.4, -0.2) is 30.1 Å². The van der Waals surface area contributed by atoms with Gasteiger partial charge in [0.1, 0.15) is 5.82 Å². The van der Waals surface area contributed by atoms with Gasteiger partial charge in [-0.2, -0.15) is 0 Å². The number of hydrogen-bond acceptors (Lipinski definition) is 2. The van der Waals surface area contributed by atoms with Crippen LogP contribution in [0.15, 0.2) is 16.6 Å². The van der Waals surface area contributed by atoms with Gasteiger partial charge in [0, 0.05) is 15.6 Å². The standard InChI is InChI=1S/C16H23BrClFN2/c1-4-20-15(16(2,3)21-9-5-6-10-21)11-7-8-12(17)13(18)14(11)19/h7-8,15,20H,4-6,9-10H2,1-3H3. The lowest BCUT2D eigenvalue weighted by molar-refractivity contribution is 0.106. The van der Waals surface area contributed by atoms with Gasteiger partial charge in [-0.1, -0.05) is 24.6 Å². The number of likely N-dealkylation sites (N-methyl/N-ethyl adjacent to an activating group) is 1. The molecule has 1 unspecified atom stereocenters. The van der Waals surface area contributed by atoms with E-state index >= 15 is 0 Å². The summed E-state index contributed by atoms with van der Waals surface area (Å²) in [5.74, 6) is -0.329. The first-order valence-corrected chi connectivity index (χ1v) is 8.68. The van der Waals surface area contributed by atoms with Gasteiger partial charge in [0.05, 0.1) is 11.1 Å². The van der Waals surface area contributed by atoms with E-state index in [1.54, 1.807) is 0 Å². The van der Waals surface area contributed by atoms with Crippen LogP contribution in [-0.2, 0) is 0 Å². The van der Waals surface area contributed by atoms with Gasteiger partial charge in [0.2, 0.25) is 0 Å². The van der Waals surface area contributed by atoms with Crippen LogP contribution in [0.5, 0.6) is 0 Å². The summed E-state index contributed by atoms with van der Waals surface area (Å²) in [4.78, 5) is 2.44. The number of benzene rings is 1. The molecule has 0 radical (unpaired) electrons. The molecule has 1 aliphatic rings. The quantitative estimate of drug-likeness (QED) is 0.744. The predicted molar refractivity (Wildman–Crippen MR) is 90.4 cm³/mol. The van der Waals surface area contributed by atoms with Crippen molar-refractivity contribution in [2.45, 2.75) is 45.2 Å².